The van der Waals surface area contributed by atoms with Crippen LogP contribution in [0.2, 0.25) is 0 Å². The van der Waals surface area contributed by atoms with Crippen molar-refractivity contribution < 1.29 is 14.3 Å². The maximum absolute atomic E-state index is 13.1. The van der Waals surface area contributed by atoms with Gasteiger partial charge in [0.05, 0.1) is 29.8 Å². The molecule has 0 radical (unpaired) electrons. The van der Waals surface area contributed by atoms with E-state index in [-0.39, 0.29) is 18.4 Å². The fourth-order valence-corrected chi connectivity index (χ4v) is 4.75. The van der Waals surface area contributed by atoms with Crippen molar-refractivity contribution >= 4 is 28.8 Å². The predicted molar refractivity (Wildman–Crippen MR) is 129 cm³/mol. The molecule has 7 nitrogen and oxygen atoms in total. The Labute approximate surface area is 197 Å². The largest absolute Gasteiger partial charge is 0.459 e. The van der Waals surface area contributed by atoms with Crippen molar-refractivity contribution in [3.63, 3.8) is 0 Å². The van der Waals surface area contributed by atoms with Crippen LogP contribution in [0.15, 0.2) is 82.2 Å². The molecule has 8 heteroatoms. The predicted octanol–water partition coefficient (Wildman–Crippen LogP) is 4.31. The molecular formula is C25H26N4O3S. The summed E-state index contributed by atoms with van der Waals surface area (Å²) >= 11 is 1.46. The minimum absolute atomic E-state index is 0.114. The monoisotopic (exact) mass is 462 g/mol. The van der Waals surface area contributed by atoms with Gasteiger partial charge < -0.3 is 15.0 Å². The molecule has 0 spiro atoms. The van der Waals surface area contributed by atoms with Crippen LogP contribution in [0.5, 0.6) is 0 Å². The number of pyridine rings is 1. The minimum Gasteiger partial charge on any atom is -0.459 e. The molecule has 1 unspecified atom stereocenters. The number of amidine groups is 1. The van der Waals surface area contributed by atoms with Crippen LogP contribution in [0.4, 0.5) is 0 Å². The first kappa shape index (κ1) is 22.8. The lowest BCUT2D eigenvalue weighted by atomic mass is 9.94. The maximum atomic E-state index is 13.1. The zero-order valence-electron chi connectivity index (χ0n) is 18.8. The zero-order valence-corrected chi connectivity index (χ0v) is 19.6. The molecule has 1 aromatic carbocycles. The number of nitrogens with one attached hydrogen (secondary N) is 1. The molecule has 3 heterocycles. The molecule has 1 atom stereocenters. The molecule has 0 saturated heterocycles. The fraction of sp³-hybridized carbons (Fsp3) is 0.280. The highest BCUT2D eigenvalue weighted by Crippen LogP contribution is 2.44. The number of allylic oxidation sites excluding steroid dienone is 1. The SMILES string of the molecule is CC1=C(C(=O)OC(C)C)C(c2ccccc2)N2C(CC(=O)NCc3cccnc3)=CSC2=N1. The van der Waals surface area contributed by atoms with Crippen molar-refractivity contribution in [1.82, 2.24) is 15.2 Å². The fourth-order valence-electron chi connectivity index (χ4n) is 3.79. The number of ether oxygens (including phenoxy) is 1. The Bertz CT molecular complexity index is 1130. The van der Waals surface area contributed by atoms with Gasteiger partial charge in [-0.05, 0) is 43.4 Å². The van der Waals surface area contributed by atoms with Gasteiger partial charge in [0.25, 0.3) is 0 Å². The number of rotatable bonds is 7. The van der Waals surface area contributed by atoms with E-state index >= 15 is 0 Å². The Hall–Kier alpha value is -3.39. The number of benzene rings is 1. The Kier molecular flexibility index (Phi) is 6.93. The second-order valence-corrected chi connectivity index (χ2v) is 8.91. The van der Waals surface area contributed by atoms with Crippen LogP contribution in [0.3, 0.4) is 0 Å². The number of carbonyl (C=O) groups is 2. The standard InChI is InChI=1S/C25H26N4O3S/c1-16(2)32-24(31)22-17(3)28-25-29(23(22)19-9-5-4-6-10-19)20(15-33-25)12-21(30)27-14-18-8-7-11-26-13-18/h4-11,13,15-16,23H,12,14H2,1-3H3,(H,27,30). The number of aliphatic imine (C=N–C) groups is 1. The maximum Gasteiger partial charge on any atom is 0.338 e. The Balaban J connectivity index is 1.59. The highest BCUT2D eigenvalue weighted by Gasteiger charge is 2.41. The number of carbonyl (C=O) groups excluding carboxylic acids is 2. The molecule has 1 N–H and O–H groups in total. The number of nitrogens with zero attached hydrogens (tertiary/aromatic N) is 3. The van der Waals surface area contributed by atoms with E-state index in [4.69, 9.17) is 4.74 Å². The van der Waals surface area contributed by atoms with Gasteiger partial charge >= 0.3 is 5.97 Å². The number of thioether (sulfide) groups is 1. The summed E-state index contributed by atoms with van der Waals surface area (Å²) in [6.07, 6.45) is 3.35. The van der Waals surface area contributed by atoms with E-state index in [0.717, 1.165) is 22.0 Å². The highest BCUT2D eigenvalue weighted by molar-refractivity contribution is 8.16. The number of fused-ring (bicyclic) bond motifs is 1. The van der Waals surface area contributed by atoms with Crippen molar-refractivity contribution in [3.05, 3.63) is 88.4 Å². The number of hydrogen-bond donors (Lipinski definition) is 1. The van der Waals surface area contributed by atoms with Gasteiger partial charge in [-0.15, -0.1) is 0 Å². The Morgan fingerprint density at radius 1 is 1.18 bits per heavy atom. The van der Waals surface area contributed by atoms with E-state index in [0.29, 0.717) is 17.8 Å². The topological polar surface area (TPSA) is 83.9 Å². The molecule has 0 bridgehead atoms. The molecule has 0 saturated carbocycles. The third-order valence-electron chi connectivity index (χ3n) is 5.23. The van der Waals surface area contributed by atoms with Crippen molar-refractivity contribution in [2.24, 2.45) is 4.99 Å². The Morgan fingerprint density at radius 3 is 2.67 bits per heavy atom. The van der Waals surface area contributed by atoms with Crippen LogP contribution in [-0.2, 0) is 20.9 Å². The molecule has 2 aliphatic heterocycles. The first-order chi connectivity index (χ1) is 15.9. The molecule has 170 valence electrons. The van der Waals surface area contributed by atoms with Crippen molar-refractivity contribution in [1.29, 1.82) is 0 Å². The molecule has 0 fully saturated rings. The highest BCUT2D eigenvalue weighted by atomic mass is 32.2. The summed E-state index contributed by atoms with van der Waals surface area (Å²) < 4.78 is 5.56. The van der Waals surface area contributed by atoms with Crippen molar-refractivity contribution in [2.75, 3.05) is 0 Å². The minimum atomic E-state index is -0.419. The number of hydrogen-bond acceptors (Lipinski definition) is 7. The summed E-state index contributed by atoms with van der Waals surface area (Å²) in [7, 11) is 0. The first-order valence-corrected chi connectivity index (χ1v) is 11.7. The van der Waals surface area contributed by atoms with E-state index in [1.54, 1.807) is 12.4 Å². The zero-order chi connectivity index (χ0) is 23.4. The molecule has 2 aromatic rings. The van der Waals surface area contributed by atoms with E-state index in [9.17, 15) is 9.59 Å². The quantitative estimate of drug-likeness (QED) is 0.617. The molecule has 0 aliphatic carbocycles. The summed E-state index contributed by atoms with van der Waals surface area (Å²) in [4.78, 5) is 36.6. The van der Waals surface area contributed by atoms with Crippen LogP contribution in [0, 0.1) is 0 Å². The summed E-state index contributed by atoms with van der Waals surface area (Å²) in [5.74, 6) is -0.507. The van der Waals surface area contributed by atoms with Gasteiger partial charge in [-0.1, -0.05) is 48.2 Å². The van der Waals surface area contributed by atoms with E-state index in [1.807, 2.05) is 73.5 Å². The Morgan fingerprint density at radius 2 is 1.97 bits per heavy atom. The van der Waals surface area contributed by atoms with Gasteiger partial charge in [0.1, 0.15) is 0 Å². The van der Waals surface area contributed by atoms with Crippen molar-refractivity contribution in [3.8, 4) is 0 Å². The van der Waals surface area contributed by atoms with Crippen LogP contribution in [-0.4, -0.2) is 33.0 Å². The van der Waals surface area contributed by atoms with Crippen molar-refractivity contribution in [2.45, 2.75) is 45.9 Å². The molecule has 4 rings (SSSR count). The second-order valence-electron chi connectivity index (χ2n) is 8.07. The summed E-state index contributed by atoms with van der Waals surface area (Å²) in [5.41, 5.74) is 3.77. The van der Waals surface area contributed by atoms with Crippen LogP contribution >= 0.6 is 11.8 Å². The number of amides is 1. The molecule has 1 amide bonds. The molecule has 1 aromatic heterocycles. The molecule has 33 heavy (non-hydrogen) atoms. The summed E-state index contributed by atoms with van der Waals surface area (Å²) in [6.45, 7) is 5.89. The van der Waals surface area contributed by atoms with Gasteiger partial charge in [0.2, 0.25) is 5.91 Å². The second kappa shape index (κ2) is 10.0. The number of aromatic nitrogens is 1. The summed E-state index contributed by atoms with van der Waals surface area (Å²) in [5, 5.41) is 5.63. The van der Waals surface area contributed by atoms with Crippen LogP contribution in [0.1, 0.15) is 44.4 Å². The van der Waals surface area contributed by atoms with E-state index in [1.165, 1.54) is 11.8 Å². The third kappa shape index (κ3) is 5.17. The average molecular weight is 463 g/mol. The molecule has 2 aliphatic rings. The lowest BCUT2D eigenvalue weighted by molar-refractivity contribution is -0.143. The van der Waals surface area contributed by atoms with Gasteiger partial charge in [0.15, 0.2) is 5.17 Å². The van der Waals surface area contributed by atoms with Gasteiger partial charge in [-0.25, -0.2) is 9.79 Å². The number of esters is 1. The third-order valence-corrected chi connectivity index (χ3v) is 6.12. The van der Waals surface area contributed by atoms with Crippen LogP contribution in [0.25, 0.3) is 0 Å². The van der Waals surface area contributed by atoms with E-state index < -0.39 is 12.0 Å². The van der Waals surface area contributed by atoms with Crippen LogP contribution < -0.4 is 5.32 Å². The van der Waals surface area contributed by atoms with Gasteiger partial charge in [-0.2, -0.15) is 0 Å². The lowest BCUT2D eigenvalue weighted by Gasteiger charge is -2.36. The van der Waals surface area contributed by atoms with E-state index in [2.05, 4.69) is 15.3 Å². The smallest absolute Gasteiger partial charge is 0.338 e. The molecular weight excluding hydrogens is 436 g/mol. The van der Waals surface area contributed by atoms with Gasteiger partial charge in [0, 0.05) is 24.6 Å². The lowest BCUT2D eigenvalue weighted by Crippen LogP contribution is -2.38. The van der Waals surface area contributed by atoms with Gasteiger partial charge in [-0.3, -0.25) is 9.78 Å². The normalized spacial score (nSPS) is 17.5. The first-order valence-electron chi connectivity index (χ1n) is 10.8. The average Bonchev–Trinajstić information content (AvgIpc) is 3.19. The summed E-state index contributed by atoms with van der Waals surface area (Å²) in [6, 6.07) is 13.1.